The van der Waals surface area contributed by atoms with E-state index in [9.17, 15) is 4.79 Å². The van der Waals surface area contributed by atoms with Gasteiger partial charge >= 0.3 is 0 Å². The molecule has 3 aliphatic heterocycles. The van der Waals surface area contributed by atoms with Gasteiger partial charge in [-0.05, 0) is 62.9 Å². The van der Waals surface area contributed by atoms with Gasteiger partial charge in [-0.3, -0.25) is 9.69 Å². The lowest BCUT2D eigenvalue weighted by molar-refractivity contribution is -0.133. The summed E-state index contributed by atoms with van der Waals surface area (Å²) in [5.41, 5.74) is 1.14. The van der Waals surface area contributed by atoms with Gasteiger partial charge in [-0.1, -0.05) is 13.0 Å². The van der Waals surface area contributed by atoms with Crippen molar-refractivity contribution in [2.45, 2.75) is 57.5 Å². The largest absolute Gasteiger partial charge is 0.454 e. The van der Waals surface area contributed by atoms with E-state index in [1.54, 1.807) is 0 Å². The number of benzene rings is 1. The zero-order valence-corrected chi connectivity index (χ0v) is 15.1. The first kappa shape index (κ1) is 16.7. The lowest BCUT2D eigenvalue weighted by atomic mass is 10.0. The summed E-state index contributed by atoms with van der Waals surface area (Å²) in [7, 11) is 0. The number of carbonyl (C=O) groups is 1. The molecule has 3 heterocycles. The van der Waals surface area contributed by atoms with Crippen molar-refractivity contribution < 1.29 is 14.3 Å². The first-order valence-corrected chi connectivity index (χ1v) is 9.68. The van der Waals surface area contributed by atoms with E-state index in [0.29, 0.717) is 31.2 Å². The summed E-state index contributed by atoms with van der Waals surface area (Å²) < 4.78 is 10.8. The molecule has 0 spiro atoms. The van der Waals surface area contributed by atoms with Crippen molar-refractivity contribution in [3.8, 4) is 11.5 Å². The number of ether oxygens (including phenoxy) is 2. The predicted octanol–water partition coefficient (Wildman–Crippen LogP) is 2.82. The SMILES string of the molecule is CCN1CCCC1C1CCCN1C(=O)CCc1ccc2c(c1)OCO2. The molecule has 2 unspecified atom stereocenters. The Morgan fingerprint density at radius 1 is 1.12 bits per heavy atom. The average Bonchev–Trinajstić information content (AvgIpc) is 3.37. The van der Waals surface area contributed by atoms with Gasteiger partial charge in [0.25, 0.3) is 0 Å². The van der Waals surface area contributed by atoms with Crippen molar-refractivity contribution in [2.24, 2.45) is 0 Å². The molecule has 0 N–H and O–H groups in total. The summed E-state index contributed by atoms with van der Waals surface area (Å²) in [5, 5.41) is 0. The topological polar surface area (TPSA) is 42.0 Å². The minimum Gasteiger partial charge on any atom is -0.454 e. The third-order valence-electron chi connectivity index (χ3n) is 5.95. The molecule has 0 aromatic heterocycles. The molecule has 1 amide bonds. The highest BCUT2D eigenvalue weighted by molar-refractivity contribution is 5.77. The summed E-state index contributed by atoms with van der Waals surface area (Å²) in [6.45, 7) is 5.75. The first-order chi connectivity index (χ1) is 12.3. The number of amides is 1. The third kappa shape index (κ3) is 3.34. The summed E-state index contributed by atoms with van der Waals surface area (Å²) >= 11 is 0. The number of likely N-dealkylation sites (N-methyl/N-ethyl adjacent to an activating group) is 1. The highest BCUT2D eigenvalue weighted by Crippen LogP contribution is 2.33. The Labute approximate surface area is 149 Å². The zero-order chi connectivity index (χ0) is 17.2. The van der Waals surface area contributed by atoms with Crippen LogP contribution in [0.3, 0.4) is 0 Å². The Balaban J connectivity index is 1.37. The molecule has 0 radical (unpaired) electrons. The molecule has 4 rings (SSSR count). The van der Waals surface area contributed by atoms with Gasteiger partial charge in [0.1, 0.15) is 0 Å². The van der Waals surface area contributed by atoms with E-state index in [1.165, 1.54) is 19.4 Å². The fourth-order valence-electron chi connectivity index (χ4n) is 4.67. The van der Waals surface area contributed by atoms with E-state index in [0.717, 1.165) is 49.4 Å². The van der Waals surface area contributed by atoms with Crippen LogP contribution in [0, 0.1) is 0 Å². The average molecular weight is 344 g/mol. The molecule has 2 saturated heterocycles. The monoisotopic (exact) mass is 344 g/mol. The van der Waals surface area contributed by atoms with Gasteiger partial charge in [0.15, 0.2) is 11.5 Å². The smallest absolute Gasteiger partial charge is 0.231 e. The minimum atomic E-state index is 0.294. The molecule has 0 saturated carbocycles. The van der Waals surface area contributed by atoms with Crippen LogP contribution in [0.2, 0.25) is 0 Å². The number of likely N-dealkylation sites (tertiary alicyclic amines) is 2. The van der Waals surface area contributed by atoms with Crippen molar-refractivity contribution in [2.75, 3.05) is 26.4 Å². The molecule has 136 valence electrons. The molecule has 1 aromatic rings. The molecular formula is C20H28N2O3. The number of fused-ring (bicyclic) bond motifs is 1. The highest BCUT2D eigenvalue weighted by atomic mass is 16.7. The summed E-state index contributed by atoms with van der Waals surface area (Å²) in [6, 6.07) is 6.98. The van der Waals surface area contributed by atoms with Crippen LogP contribution in [0.1, 0.15) is 44.6 Å². The second kappa shape index (κ2) is 7.24. The van der Waals surface area contributed by atoms with Gasteiger partial charge in [0.2, 0.25) is 12.7 Å². The van der Waals surface area contributed by atoms with Crippen LogP contribution in [-0.4, -0.2) is 54.2 Å². The molecule has 0 aliphatic carbocycles. The van der Waals surface area contributed by atoms with Crippen LogP contribution in [0.5, 0.6) is 11.5 Å². The number of rotatable bonds is 5. The van der Waals surface area contributed by atoms with Gasteiger partial charge in [-0.2, -0.15) is 0 Å². The van der Waals surface area contributed by atoms with Gasteiger partial charge in [-0.25, -0.2) is 0 Å². The van der Waals surface area contributed by atoms with Crippen molar-refractivity contribution in [3.63, 3.8) is 0 Å². The Morgan fingerprint density at radius 3 is 2.80 bits per heavy atom. The van der Waals surface area contributed by atoms with Crippen molar-refractivity contribution in [3.05, 3.63) is 23.8 Å². The second-order valence-electron chi connectivity index (χ2n) is 7.32. The predicted molar refractivity (Wildman–Crippen MR) is 95.9 cm³/mol. The van der Waals surface area contributed by atoms with Gasteiger partial charge in [0.05, 0.1) is 0 Å². The molecule has 0 bridgehead atoms. The van der Waals surface area contributed by atoms with Crippen LogP contribution in [0.15, 0.2) is 18.2 Å². The van der Waals surface area contributed by atoms with E-state index in [2.05, 4.69) is 16.7 Å². The van der Waals surface area contributed by atoms with Crippen molar-refractivity contribution >= 4 is 5.91 Å². The third-order valence-corrected chi connectivity index (χ3v) is 5.95. The lowest BCUT2D eigenvalue weighted by Crippen LogP contribution is -2.48. The minimum absolute atomic E-state index is 0.294. The maximum atomic E-state index is 12.9. The second-order valence-corrected chi connectivity index (χ2v) is 7.32. The van der Waals surface area contributed by atoms with E-state index in [1.807, 2.05) is 18.2 Å². The maximum Gasteiger partial charge on any atom is 0.231 e. The van der Waals surface area contributed by atoms with E-state index in [4.69, 9.17) is 9.47 Å². The summed E-state index contributed by atoms with van der Waals surface area (Å²) in [4.78, 5) is 17.6. The van der Waals surface area contributed by atoms with Crippen LogP contribution in [0.25, 0.3) is 0 Å². The molecule has 1 aromatic carbocycles. The Hall–Kier alpha value is -1.75. The molecule has 2 fully saturated rings. The number of hydrogen-bond acceptors (Lipinski definition) is 4. The Kier molecular flexibility index (Phi) is 4.84. The maximum absolute atomic E-state index is 12.9. The molecule has 2 atom stereocenters. The normalized spacial score (nSPS) is 25.7. The van der Waals surface area contributed by atoms with Crippen LogP contribution in [0.4, 0.5) is 0 Å². The Morgan fingerprint density at radius 2 is 1.92 bits per heavy atom. The van der Waals surface area contributed by atoms with Crippen LogP contribution < -0.4 is 9.47 Å². The first-order valence-electron chi connectivity index (χ1n) is 9.68. The number of nitrogens with zero attached hydrogens (tertiary/aromatic N) is 2. The Bertz CT molecular complexity index is 633. The van der Waals surface area contributed by atoms with Crippen molar-refractivity contribution in [1.29, 1.82) is 0 Å². The molecular weight excluding hydrogens is 316 g/mol. The molecule has 5 heteroatoms. The van der Waals surface area contributed by atoms with E-state index in [-0.39, 0.29) is 0 Å². The van der Waals surface area contributed by atoms with Gasteiger partial charge in [-0.15, -0.1) is 0 Å². The number of hydrogen-bond donors (Lipinski definition) is 0. The summed E-state index contributed by atoms with van der Waals surface area (Å²) in [6.07, 6.45) is 6.17. The molecule has 25 heavy (non-hydrogen) atoms. The quantitative estimate of drug-likeness (QED) is 0.824. The lowest BCUT2D eigenvalue weighted by Gasteiger charge is -2.34. The fourth-order valence-corrected chi connectivity index (χ4v) is 4.67. The van der Waals surface area contributed by atoms with Crippen molar-refractivity contribution in [1.82, 2.24) is 9.80 Å². The standard InChI is InChI=1S/C20H28N2O3/c1-2-21-11-3-5-16(21)17-6-4-12-22(17)20(23)10-8-15-7-9-18-19(13-15)25-14-24-18/h7,9,13,16-17H,2-6,8,10-12,14H2,1H3. The van der Waals surface area contributed by atoms with Gasteiger partial charge in [0, 0.05) is 25.0 Å². The fraction of sp³-hybridized carbons (Fsp3) is 0.650. The van der Waals surface area contributed by atoms with Crippen LogP contribution in [-0.2, 0) is 11.2 Å². The molecule has 3 aliphatic rings. The van der Waals surface area contributed by atoms with E-state index >= 15 is 0 Å². The summed E-state index contributed by atoms with van der Waals surface area (Å²) in [5.74, 6) is 1.91. The van der Waals surface area contributed by atoms with Crippen LogP contribution >= 0.6 is 0 Å². The zero-order valence-electron chi connectivity index (χ0n) is 15.1. The molecule has 5 nitrogen and oxygen atoms in total. The number of carbonyl (C=O) groups excluding carboxylic acids is 1. The van der Waals surface area contributed by atoms with E-state index < -0.39 is 0 Å². The highest BCUT2D eigenvalue weighted by Gasteiger charge is 2.38. The van der Waals surface area contributed by atoms with Gasteiger partial charge < -0.3 is 14.4 Å². The number of aryl methyl sites for hydroxylation is 1.